The van der Waals surface area contributed by atoms with Crippen LogP contribution in [-0.4, -0.2) is 28.6 Å². The highest BCUT2D eigenvalue weighted by molar-refractivity contribution is 8.02. The molecule has 4 nitrogen and oxygen atoms in total. The average Bonchev–Trinajstić information content (AvgIpc) is 3.15. The largest absolute Gasteiger partial charge is 0.368 e. The molecule has 2 fully saturated rings. The molecule has 2 saturated carbocycles. The van der Waals surface area contributed by atoms with Gasteiger partial charge in [0.25, 0.3) is 0 Å². The monoisotopic (exact) mass is 764 g/mol. The van der Waals surface area contributed by atoms with E-state index in [4.69, 9.17) is 8.82 Å². The number of rotatable bonds is 12. The lowest BCUT2D eigenvalue weighted by molar-refractivity contribution is 0.355. The second-order valence-electron chi connectivity index (χ2n) is 16.8. The summed E-state index contributed by atoms with van der Waals surface area (Å²) >= 11 is 0. The zero-order chi connectivity index (χ0) is 36.7. The molecule has 0 aliphatic heterocycles. The van der Waals surface area contributed by atoms with Crippen LogP contribution in [-0.2, 0) is 0 Å². The van der Waals surface area contributed by atoms with Gasteiger partial charge in [-0.05, 0) is 46.9 Å². The molecular weight excluding hydrogens is 703 g/mol. The van der Waals surface area contributed by atoms with E-state index >= 15 is 0 Å². The van der Waals surface area contributed by atoms with Crippen LogP contribution in [0.3, 0.4) is 0 Å². The van der Waals surface area contributed by atoms with Crippen LogP contribution in [0.5, 0.6) is 0 Å². The molecule has 0 atom stereocenters. The number of hydrogen-bond acceptors (Lipinski definition) is 4. The quantitative estimate of drug-likeness (QED) is 0.111. The Bertz CT molecular complexity index is 1650. The van der Waals surface area contributed by atoms with Gasteiger partial charge in [-0.1, -0.05) is 199 Å². The van der Waals surface area contributed by atoms with E-state index in [1.165, 1.54) is 96.3 Å². The highest BCUT2D eigenvalue weighted by atomic mass is 31.2. The Hall–Kier alpha value is -2.89. The van der Waals surface area contributed by atoms with Crippen molar-refractivity contribution in [2.24, 2.45) is 8.82 Å². The van der Waals surface area contributed by atoms with Crippen LogP contribution < -0.4 is 31.9 Å². The zero-order valence-corrected chi connectivity index (χ0v) is 36.4. The van der Waals surface area contributed by atoms with Crippen LogP contribution in [0.4, 0.5) is 0 Å². The summed E-state index contributed by atoms with van der Waals surface area (Å²) < 4.78 is 12.9. The molecule has 0 aromatic heterocycles. The molecule has 2 aliphatic rings. The van der Waals surface area contributed by atoms with E-state index in [0.29, 0.717) is 12.1 Å². The van der Waals surface area contributed by atoms with E-state index in [1.54, 1.807) is 0 Å². The Kier molecular flexibility index (Phi) is 12.7. The summed E-state index contributed by atoms with van der Waals surface area (Å²) in [5.74, 6) is 1.24. The summed E-state index contributed by atoms with van der Waals surface area (Å²) in [6, 6.07) is 46.6. The number of nitrogens with one attached hydrogen (secondary N) is 2. The van der Waals surface area contributed by atoms with Crippen molar-refractivity contribution in [1.82, 2.24) is 10.6 Å². The van der Waals surface area contributed by atoms with Crippen LogP contribution in [0.15, 0.2) is 141 Å². The first-order valence-corrected chi connectivity index (χ1v) is 30.2. The third kappa shape index (κ3) is 9.07. The normalized spacial score (nSPS) is 16.5. The minimum atomic E-state index is -2.74. The lowest BCUT2D eigenvalue weighted by atomic mass is 9.95. The van der Waals surface area contributed by atoms with E-state index in [9.17, 15) is 0 Å². The van der Waals surface area contributed by atoms with Crippen LogP contribution in [0.2, 0.25) is 39.3 Å². The fourth-order valence-electron chi connectivity index (χ4n) is 8.19. The fourth-order valence-corrected chi connectivity index (χ4v) is 26.8. The van der Waals surface area contributed by atoms with Gasteiger partial charge in [0.05, 0.1) is 5.06 Å². The Morgan fingerprint density at radius 1 is 0.442 bits per heavy atom. The molecule has 6 rings (SSSR count). The van der Waals surface area contributed by atoms with Crippen LogP contribution in [0, 0.1) is 0 Å². The van der Waals surface area contributed by atoms with Crippen LogP contribution in [0.1, 0.15) is 64.2 Å². The summed E-state index contributed by atoms with van der Waals surface area (Å²) in [4.78, 5) is 0. The van der Waals surface area contributed by atoms with Crippen molar-refractivity contribution in [3.63, 3.8) is 0 Å². The Morgan fingerprint density at radius 2 is 0.712 bits per heavy atom. The second-order valence-corrected chi connectivity index (χ2v) is 32.9. The topological polar surface area (TPSA) is 48.8 Å². The Morgan fingerprint density at radius 3 is 0.962 bits per heavy atom. The number of hydrogen-bond donors (Lipinski definition) is 2. The SMILES string of the molecule is C[Si](C)(C)N=P(C(=C(NC1CCCCC1)NC1CCCCC1)P(=N[Si](C)(C)C)(c1ccccc1)c1ccccc1)(c1ccccc1)c1ccccc1. The number of nitrogens with zero attached hydrogens (tertiary/aromatic N) is 2. The molecule has 0 bridgehead atoms. The van der Waals surface area contributed by atoms with Crippen molar-refractivity contribution in [2.75, 3.05) is 0 Å². The summed E-state index contributed by atoms with van der Waals surface area (Å²) in [5.41, 5.74) is 0. The molecule has 0 heterocycles. The molecule has 0 spiro atoms. The summed E-state index contributed by atoms with van der Waals surface area (Å²) in [5, 5.41) is 15.6. The molecule has 276 valence electrons. The van der Waals surface area contributed by atoms with E-state index in [0.717, 1.165) is 0 Å². The van der Waals surface area contributed by atoms with Gasteiger partial charge in [0.15, 0.2) is 16.5 Å². The van der Waals surface area contributed by atoms with Gasteiger partial charge >= 0.3 is 0 Å². The van der Waals surface area contributed by atoms with Crippen molar-refractivity contribution in [3.05, 3.63) is 132 Å². The molecule has 0 radical (unpaired) electrons. The molecule has 8 heteroatoms. The predicted molar refractivity (Wildman–Crippen MR) is 237 cm³/mol. The molecule has 4 aromatic carbocycles. The van der Waals surface area contributed by atoms with Crippen molar-refractivity contribution in [2.45, 2.75) is 116 Å². The number of benzene rings is 4. The van der Waals surface area contributed by atoms with Crippen molar-refractivity contribution in [1.29, 1.82) is 0 Å². The predicted octanol–water partition coefficient (Wildman–Crippen LogP) is 11.3. The molecule has 0 saturated heterocycles. The summed E-state index contributed by atoms with van der Waals surface area (Å²) in [6.07, 6.45) is 12.5. The van der Waals surface area contributed by atoms with E-state index in [1.807, 2.05) is 0 Å². The highest BCUT2D eigenvalue weighted by Gasteiger charge is 2.46. The van der Waals surface area contributed by atoms with Crippen LogP contribution >= 0.6 is 14.1 Å². The van der Waals surface area contributed by atoms with E-state index in [-0.39, 0.29) is 0 Å². The third-order valence-corrected chi connectivity index (χ3v) is 25.0. The minimum Gasteiger partial charge on any atom is -0.368 e. The second kappa shape index (κ2) is 17.1. The maximum absolute atomic E-state index is 6.43. The van der Waals surface area contributed by atoms with Gasteiger partial charge < -0.3 is 19.5 Å². The van der Waals surface area contributed by atoms with Gasteiger partial charge in [-0.15, -0.1) is 0 Å². The van der Waals surface area contributed by atoms with E-state index < -0.39 is 30.6 Å². The summed E-state index contributed by atoms with van der Waals surface area (Å²) in [6.45, 7) is 14.6. The zero-order valence-electron chi connectivity index (χ0n) is 32.6. The standard InChI is InChI=1S/C44H62N4P2Si2/c1-51(2,3)47-49(39-29-17-9-18-30-39,40-31-19-10-20-32-40)44(43(45-37-25-13-7-14-26-37)46-38-27-15-8-16-28-38)50(48-52(4,5)6,41-33-21-11-22-34-41)42-35-23-12-24-36-42/h9-12,17-24,29-38,45-46H,7-8,13-16,25-28H2,1-6H3. The molecular formula is C44H62N4P2Si2. The third-order valence-electron chi connectivity index (χ3n) is 10.2. The van der Waals surface area contributed by atoms with Gasteiger partial charge in [0.1, 0.15) is 5.82 Å². The van der Waals surface area contributed by atoms with Gasteiger partial charge in [-0.3, -0.25) is 0 Å². The van der Waals surface area contributed by atoms with Gasteiger partial charge in [0, 0.05) is 26.2 Å². The lowest BCUT2D eigenvalue weighted by Crippen LogP contribution is -2.43. The van der Waals surface area contributed by atoms with Crippen LogP contribution in [0.25, 0.3) is 0 Å². The van der Waals surface area contributed by atoms with Crippen molar-refractivity contribution in [3.8, 4) is 0 Å². The Labute approximate surface area is 317 Å². The maximum Gasteiger partial charge on any atom is 0.171 e. The molecule has 2 N–H and O–H groups in total. The minimum absolute atomic E-state index is 0.412. The summed E-state index contributed by atoms with van der Waals surface area (Å²) in [7, 11) is -9.76. The first kappa shape index (κ1) is 38.8. The molecule has 0 unspecified atom stereocenters. The van der Waals surface area contributed by atoms with Gasteiger partial charge in [0.2, 0.25) is 0 Å². The fraction of sp³-hybridized carbons (Fsp3) is 0.409. The first-order chi connectivity index (χ1) is 25.0. The highest BCUT2D eigenvalue weighted by Crippen LogP contribution is 2.74. The molecule has 4 aromatic rings. The Balaban J connectivity index is 1.93. The first-order valence-electron chi connectivity index (χ1n) is 19.8. The van der Waals surface area contributed by atoms with Crippen molar-refractivity contribution < 1.29 is 0 Å². The van der Waals surface area contributed by atoms with Crippen molar-refractivity contribution >= 4 is 51.8 Å². The lowest BCUT2D eigenvalue weighted by Gasteiger charge is -2.43. The molecule has 0 amide bonds. The van der Waals surface area contributed by atoms with Gasteiger partial charge in [-0.2, -0.15) is 0 Å². The maximum atomic E-state index is 6.43. The molecule has 2 aliphatic carbocycles. The molecule has 52 heavy (non-hydrogen) atoms. The smallest absolute Gasteiger partial charge is 0.171 e. The van der Waals surface area contributed by atoms with E-state index in [2.05, 4.69) is 171 Å². The van der Waals surface area contributed by atoms with Gasteiger partial charge in [-0.25, -0.2) is 0 Å². The average molecular weight is 765 g/mol.